The van der Waals surface area contributed by atoms with Crippen LogP contribution in [0.2, 0.25) is 0 Å². The van der Waals surface area contributed by atoms with Gasteiger partial charge in [0.05, 0.1) is 7.11 Å². The molecule has 4 nitrogen and oxygen atoms in total. The normalized spacial score (nSPS) is 14.3. The summed E-state index contributed by atoms with van der Waals surface area (Å²) in [4.78, 5) is 14.7. The van der Waals surface area contributed by atoms with E-state index in [2.05, 4.69) is 6.07 Å². The summed E-state index contributed by atoms with van der Waals surface area (Å²) >= 11 is 0. The molecule has 0 fully saturated rings. The highest BCUT2D eigenvalue weighted by atomic mass is 16.5. The molecule has 120 valence electrons. The van der Waals surface area contributed by atoms with E-state index in [1.165, 1.54) is 5.56 Å². The highest BCUT2D eigenvalue weighted by Crippen LogP contribution is 2.31. The van der Waals surface area contributed by atoms with Crippen LogP contribution >= 0.6 is 0 Å². The molecule has 0 saturated heterocycles. The predicted molar refractivity (Wildman–Crippen MR) is 90.2 cm³/mol. The molecule has 1 aliphatic heterocycles. The van der Waals surface area contributed by atoms with Gasteiger partial charge >= 0.3 is 0 Å². The third kappa shape index (κ3) is 3.02. The monoisotopic (exact) mass is 311 g/mol. The Morgan fingerprint density at radius 1 is 1.13 bits per heavy atom. The van der Waals surface area contributed by atoms with Gasteiger partial charge in [0.15, 0.2) is 17.6 Å². The summed E-state index contributed by atoms with van der Waals surface area (Å²) in [5.41, 5.74) is 2.22. The highest BCUT2D eigenvalue weighted by molar-refractivity contribution is 5.98. The molecule has 1 heterocycles. The van der Waals surface area contributed by atoms with Gasteiger partial charge in [-0.05, 0) is 36.6 Å². The van der Waals surface area contributed by atoms with Crippen molar-refractivity contribution in [3.63, 3.8) is 0 Å². The number of carbonyl (C=O) groups excluding carboxylic acids is 1. The quantitative estimate of drug-likeness (QED) is 0.849. The summed E-state index contributed by atoms with van der Waals surface area (Å²) in [5.74, 6) is 1.24. The number of anilines is 1. The molecule has 0 N–H and O–H groups in total. The van der Waals surface area contributed by atoms with Gasteiger partial charge in [0.1, 0.15) is 0 Å². The molecule has 1 unspecified atom stereocenters. The molecular weight excluding hydrogens is 290 g/mol. The first kappa shape index (κ1) is 15.4. The fraction of sp³-hybridized carbons (Fsp3) is 0.316. The van der Waals surface area contributed by atoms with Crippen molar-refractivity contribution in [2.45, 2.75) is 25.9 Å². The number of amides is 1. The molecular formula is C19H21NO3. The number of nitrogens with zero attached hydrogens (tertiary/aromatic N) is 1. The molecule has 1 atom stereocenters. The number of carbonyl (C=O) groups is 1. The van der Waals surface area contributed by atoms with Crippen molar-refractivity contribution in [1.82, 2.24) is 0 Å². The van der Waals surface area contributed by atoms with Crippen LogP contribution in [0.15, 0.2) is 48.5 Å². The van der Waals surface area contributed by atoms with Crippen LogP contribution in [0.25, 0.3) is 0 Å². The molecule has 4 heteroatoms. The van der Waals surface area contributed by atoms with E-state index in [9.17, 15) is 4.79 Å². The summed E-state index contributed by atoms with van der Waals surface area (Å²) in [6.07, 6.45) is 0.986. The lowest BCUT2D eigenvalue weighted by molar-refractivity contribution is -0.125. The van der Waals surface area contributed by atoms with E-state index in [4.69, 9.17) is 9.47 Å². The van der Waals surface area contributed by atoms with Crippen molar-refractivity contribution < 1.29 is 14.3 Å². The smallest absolute Gasteiger partial charge is 0.268 e. The topological polar surface area (TPSA) is 38.8 Å². The zero-order chi connectivity index (χ0) is 16.2. The predicted octanol–water partition coefficient (Wildman–Crippen LogP) is 3.44. The SMILES string of the molecule is CCC(Oc1ccccc1OC)C(=O)N1CCc2ccccc21. The average Bonchev–Trinajstić information content (AvgIpc) is 3.03. The highest BCUT2D eigenvalue weighted by Gasteiger charge is 2.30. The summed E-state index contributed by atoms with van der Waals surface area (Å²) in [6, 6.07) is 15.5. The number of rotatable bonds is 5. The number of ether oxygens (including phenoxy) is 2. The van der Waals surface area contributed by atoms with Gasteiger partial charge in [0, 0.05) is 12.2 Å². The van der Waals surface area contributed by atoms with Gasteiger partial charge in [-0.15, -0.1) is 0 Å². The average molecular weight is 311 g/mol. The number of hydrogen-bond acceptors (Lipinski definition) is 3. The van der Waals surface area contributed by atoms with Crippen LogP contribution in [0.3, 0.4) is 0 Å². The van der Waals surface area contributed by atoms with Gasteiger partial charge in [0.2, 0.25) is 0 Å². The molecule has 0 aliphatic carbocycles. The molecule has 1 amide bonds. The van der Waals surface area contributed by atoms with E-state index in [1.807, 2.05) is 54.3 Å². The first-order chi connectivity index (χ1) is 11.2. The zero-order valence-electron chi connectivity index (χ0n) is 13.5. The number of methoxy groups -OCH3 is 1. The van der Waals surface area contributed by atoms with E-state index in [0.29, 0.717) is 24.5 Å². The Kier molecular flexibility index (Phi) is 4.51. The van der Waals surface area contributed by atoms with Gasteiger partial charge in [-0.3, -0.25) is 4.79 Å². The molecule has 2 aromatic carbocycles. The molecule has 3 rings (SSSR count). The van der Waals surface area contributed by atoms with E-state index < -0.39 is 6.10 Å². The Morgan fingerprint density at radius 2 is 1.83 bits per heavy atom. The van der Waals surface area contributed by atoms with Crippen molar-refractivity contribution in [3.8, 4) is 11.5 Å². The minimum absolute atomic E-state index is 0.00311. The van der Waals surface area contributed by atoms with E-state index in [1.54, 1.807) is 7.11 Å². The minimum Gasteiger partial charge on any atom is -0.493 e. The maximum absolute atomic E-state index is 12.9. The second-order valence-electron chi connectivity index (χ2n) is 5.53. The maximum Gasteiger partial charge on any atom is 0.268 e. The van der Waals surface area contributed by atoms with Crippen molar-refractivity contribution in [2.75, 3.05) is 18.6 Å². The lowest BCUT2D eigenvalue weighted by Crippen LogP contribution is -2.41. The molecule has 0 saturated carbocycles. The fourth-order valence-electron chi connectivity index (χ4n) is 2.92. The molecule has 0 radical (unpaired) electrons. The number of para-hydroxylation sites is 3. The van der Waals surface area contributed by atoms with Crippen LogP contribution in [-0.2, 0) is 11.2 Å². The van der Waals surface area contributed by atoms with Crippen LogP contribution in [-0.4, -0.2) is 25.7 Å². The summed E-state index contributed by atoms with van der Waals surface area (Å²) in [6.45, 7) is 2.67. The molecule has 0 bridgehead atoms. The van der Waals surface area contributed by atoms with Gasteiger partial charge in [0.25, 0.3) is 5.91 Å². The Morgan fingerprint density at radius 3 is 2.57 bits per heavy atom. The number of hydrogen-bond donors (Lipinski definition) is 0. The number of benzene rings is 2. The Balaban J connectivity index is 1.80. The van der Waals surface area contributed by atoms with Crippen molar-refractivity contribution in [3.05, 3.63) is 54.1 Å². The van der Waals surface area contributed by atoms with Crippen LogP contribution in [0.1, 0.15) is 18.9 Å². The van der Waals surface area contributed by atoms with Gasteiger partial charge in [-0.2, -0.15) is 0 Å². The van der Waals surface area contributed by atoms with E-state index in [0.717, 1.165) is 12.1 Å². The first-order valence-electron chi connectivity index (χ1n) is 7.93. The standard InChI is InChI=1S/C19H21NO3/c1-3-16(23-18-11-7-6-10-17(18)22-2)19(21)20-13-12-14-8-4-5-9-15(14)20/h4-11,16H,3,12-13H2,1-2H3. The second-order valence-corrected chi connectivity index (χ2v) is 5.53. The Hall–Kier alpha value is -2.49. The van der Waals surface area contributed by atoms with Crippen molar-refractivity contribution >= 4 is 11.6 Å². The maximum atomic E-state index is 12.9. The molecule has 1 aliphatic rings. The summed E-state index contributed by atoms with van der Waals surface area (Å²) in [7, 11) is 1.60. The number of fused-ring (bicyclic) bond motifs is 1. The molecule has 2 aromatic rings. The summed E-state index contributed by atoms with van der Waals surface area (Å²) in [5, 5.41) is 0. The summed E-state index contributed by atoms with van der Waals surface area (Å²) < 4.78 is 11.3. The fourth-order valence-corrected chi connectivity index (χ4v) is 2.92. The van der Waals surface area contributed by atoms with E-state index in [-0.39, 0.29) is 5.91 Å². The Bertz CT molecular complexity index is 699. The lowest BCUT2D eigenvalue weighted by Gasteiger charge is -2.24. The lowest BCUT2D eigenvalue weighted by atomic mass is 10.2. The van der Waals surface area contributed by atoms with E-state index >= 15 is 0 Å². The molecule has 0 spiro atoms. The Labute approximate surface area is 136 Å². The second kappa shape index (κ2) is 6.73. The molecule has 0 aromatic heterocycles. The first-order valence-corrected chi connectivity index (χ1v) is 7.93. The van der Waals surface area contributed by atoms with Crippen LogP contribution in [0.5, 0.6) is 11.5 Å². The third-order valence-electron chi connectivity index (χ3n) is 4.14. The van der Waals surface area contributed by atoms with Crippen LogP contribution in [0.4, 0.5) is 5.69 Å². The molecule has 23 heavy (non-hydrogen) atoms. The van der Waals surface area contributed by atoms with Crippen molar-refractivity contribution in [2.24, 2.45) is 0 Å². The van der Waals surface area contributed by atoms with Crippen LogP contribution in [0, 0.1) is 0 Å². The third-order valence-corrected chi connectivity index (χ3v) is 4.14. The van der Waals surface area contributed by atoms with Gasteiger partial charge in [-0.1, -0.05) is 37.3 Å². The van der Waals surface area contributed by atoms with Gasteiger partial charge in [-0.25, -0.2) is 0 Å². The van der Waals surface area contributed by atoms with Crippen molar-refractivity contribution in [1.29, 1.82) is 0 Å². The zero-order valence-corrected chi connectivity index (χ0v) is 13.5. The largest absolute Gasteiger partial charge is 0.493 e. The van der Waals surface area contributed by atoms with Gasteiger partial charge < -0.3 is 14.4 Å². The van der Waals surface area contributed by atoms with Crippen LogP contribution < -0.4 is 14.4 Å². The minimum atomic E-state index is -0.516.